The van der Waals surface area contributed by atoms with Crippen molar-refractivity contribution in [1.82, 2.24) is 4.57 Å². The van der Waals surface area contributed by atoms with Crippen LogP contribution in [0.25, 0.3) is 115 Å². The summed E-state index contributed by atoms with van der Waals surface area (Å²) in [4.78, 5) is 4.90. The Morgan fingerprint density at radius 1 is 0.284 bits per heavy atom. The van der Waals surface area contributed by atoms with E-state index in [4.69, 9.17) is 17.7 Å². The maximum Gasteiger partial charge on any atom is 0.262 e. The lowest BCUT2D eigenvalue weighted by atomic mass is 9.33. The van der Waals surface area contributed by atoms with Crippen LogP contribution in [0.2, 0.25) is 0 Å². The molecule has 11 aromatic carbocycles. The first kappa shape index (κ1) is 38.8. The molecule has 5 aromatic heterocycles. The van der Waals surface area contributed by atoms with E-state index in [1.54, 1.807) is 0 Å². The van der Waals surface area contributed by atoms with Gasteiger partial charge in [-0.2, -0.15) is 0 Å². The van der Waals surface area contributed by atoms with E-state index in [0.29, 0.717) is 0 Å². The number of benzene rings is 11. The molecule has 2 aliphatic rings. The van der Waals surface area contributed by atoms with E-state index < -0.39 is 6.71 Å². The Bertz CT molecular complexity index is 4800. The lowest BCUT2D eigenvalue weighted by molar-refractivity contribution is 0.664. The zero-order valence-corrected chi connectivity index (χ0v) is 39.3. The highest BCUT2D eigenvalue weighted by atomic mass is 16.3. The fourth-order valence-electron chi connectivity index (χ4n) is 13.3. The molecule has 0 saturated carbocycles. The lowest BCUT2D eigenvalue weighted by Gasteiger charge is -2.44. The molecular weight excluding hydrogens is 910 g/mol. The van der Waals surface area contributed by atoms with E-state index in [-0.39, 0.29) is 0 Å². The molecule has 0 fully saturated rings. The van der Waals surface area contributed by atoms with E-state index >= 15 is 0 Å². The van der Waals surface area contributed by atoms with Crippen molar-refractivity contribution < 1.29 is 17.7 Å². The summed E-state index contributed by atoms with van der Waals surface area (Å²) in [5.41, 5.74) is 18.6. The second-order valence-corrected chi connectivity index (χ2v) is 19.8. The van der Waals surface area contributed by atoms with Crippen LogP contribution in [-0.4, -0.2) is 11.3 Å². The quantitative estimate of drug-likeness (QED) is 0.164. The van der Waals surface area contributed by atoms with Crippen molar-refractivity contribution in [2.75, 3.05) is 9.80 Å². The highest BCUT2D eigenvalue weighted by Crippen LogP contribution is 2.55. The number of nitrogens with zero attached hydrogens (tertiary/aromatic N) is 3. The molecule has 0 unspecified atom stereocenters. The Labute approximate surface area is 420 Å². The van der Waals surface area contributed by atoms with E-state index in [1.165, 1.54) is 10.8 Å². The summed E-state index contributed by atoms with van der Waals surface area (Å²) < 4.78 is 32.1. The van der Waals surface area contributed by atoms with Crippen LogP contribution in [0.1, 0.15) is 0 Å². The van der Waals surface area contributed by atoms with Gasteiger partial charge in [-0.25, -0.2) is 0 Å². The number of furan rings is 4. The molecule has 0 amide bonds. The second-order valence-electron chi connectivity index (χ2n) is 19.8. The molecule has 74 heavy (non-hydrogen) atoms. The zero-order chi connectivity index (χ0) is 47.9. The molecule has 0 bridgehead atoms. The van der Waals surface area contributed by atoms with Crippen molar-refractivity contribution in [3.63, 3.8) is 0 Å². The van der Waals surface area contributed by atoms with Gasteiger partial charge in [-0.15, -0.1) is 0 Å². The van der Waals surface area contributed by atoms with Crippen molar-refractivity contribution >= 4 is 167 Å². The van der Waals surface area contributed by atoms with Crippen molar-refractivity contribution in [2.24, 2.45) is 0 Å². The Balaban J connectivity index is 1.13. The van der Waals surface area contributed by atoms with Crippen LogP contribution < -0.4 is 26.2 Å². The van der Waals surface area contributed by atoms with Crippen molar-refractivity contribution in [1.29, 1.82) is 0 Å². The van der Waals surface area contributed by atoms with Gasteiger partial charge >= 0.3 is 0 Å². The fraction of sp³-hybridized carbons (Fsp3) is 0. The van der Waals surface area contributed by atoms with Gasteiger partial charge in [-0.1, -0.05) is 146 Å². The number of hydrogen-bond acceptors (Lipinski definition) is 6. The van der Waals surface area contributed by atoms with Crippen LogP contribution in [0.3, 0.4) is 0 Å². The first-order chi connectivity index (χ1) is 36.8. The SMILES string of the molecule is c1ccc(N2c3cc(-n4c5ccccc5c5ccccc54)cc4c3B(c3c2c2oc5ccccc5c2c2c3oc3ccccc32)c2c(c3oc5ccccc5c3c3c2oc2ccccc23)N4c2ccccc2)cc1. The summed E-state index contributed by atoms with van der Waals surface area (Å²) >= 11 is 0. The van der Waals surface area contributed by atoms with Gasteiger partial charge in [0.15, 0.2) is 11.2 Å². The number of aromatic nitrogens is 1. The smallest absolute Gasteiger partial charge is 0.262 e. The van der Waals surface area contributed by atoms with Gasteiger partial charge in [0.25, 0.3) is 6.71 Å². The van der Waals surface area contributed by atoms with Crippen molar-refractivity contribution in [3.05, 3.63) is 218 Å². The lowest BCUT2D eigenvalue weighted by Crippen LogP contribution is -2.61. The number of rotatable bonds is 3. The van der Waals surface area contributed by atoms with Crippen LogP contribution in [-0.2, 0) is 0 Å². The molecule has 7 nitrogen and oxygen atoms in total. The van der Waals surface area contributed by atoms with Gasteiger partial charge in [0.2, 0.25) is 0 Å². The Hall–Kier alpha value is -9.92. The Morgan fingerprint density at radius 3 is 1.01 bits per heavy atom. The van der Waals surface area contributed by atoms with Gasteiger partial charge in [-0.05, 0) is 78.3 Å². The van der Waals surface area contributed by atoms with E-state index in [9.17, 15) is 0 Å². The second kappa shape index (κ2) is 13.9. The average molecular weight is 946 g/mol. The fourth-order valence-corrected chi connectivity index (χ4v) is 13.3. The first-order valence-electron chi connectivity index (χ1n) is 25.2. The maximum atomic E-state index is 7.44. The first-order valence-corrected chi connectivity index (χ1v) is 25.2. The normalized spacial score (nSPS) is 13.3. The van der Waals surface area contributed by atoms with Crippen molar-refractivity contribution in [2.45, 2.75) is 0 Å². The summed E-state index contributed by atoms with van der Waals surface area (Å²) in [5, 5.41) is 10.6. The van der Waals surface area contributed by atoms with Gasteiger partial charge in [-0.3, -0.25) is 0 Å². The van der Waals surface area contributed by atoms with Gasteiger partial charge in [0.05, 0.1) is 28.1 Å². The molecule has 0 radical (unpaired) electrons. The van der Waals surface area contributed by atoms with Gasteiger partial charge in [0.1, 0.15) is 33.5 Å². The number of para-hydroxylation sites is 8. The molecule has 0 spiro atoms. The van der Waals surface area contributed by atoms with E-state index in [2.05, 4.69) is 233 Å². The summed E-state index contributed by atoms with van der Waals surface area (Å²) in [6.45, 7) is -0.474. The topological polar surface area (TPSA) is 64.0 Å². The summed E-state index contributed by atoms with van der Waals surface area (Å²) in [6, 6.07) is 77.6. The number of fused-ring (bicyclic) bond motifs is 25. The zero-order valence-electron chi connectivity index (χ0n) is 39.3. The molecule has 0 aliphatic carbocycles. The van der Waals surface area contributed by atoms with Crippen molar-refractivity contribution in [3.8, 4) is 5.69 Å². The van der Waals surface area contributed by atoms with E-state index in [0.717, 1.165) is 155 Å². The molecule has 342 valence electrons. The molecule has 7 heterocycles. The Kier molecular flexibility index (Phi) is 7.31. The van der Waals surface area contributed by atoms with Gasteiger partial charge < -0.3 is 32.0 Å². The van der Waals surface area contributed by atoms with Crippen LogP contribution in [0.5, 0.6) is 0 Å². The molecule has 0 N–H and O–H groups in total. The minimum absolute atomic E-state index is 0.474. The maximum absolute atomic E-state index is 7.44. The third-order valence-electron chi connectivity index (χ3n) is 16.1. The predicted molar refractivity (Wildman–Crippen MR) is 304 cm³/mol. The highest BCUT2D eigenvalue weighted by molar-refractivity contribution is 7.03. The molecule has 8 heteroatoms. The van der Waals surface area contributed by atoms with Crippen LogP contribution in [0, 0.1) is 0 Å². The largest absolute Gasteiger partial charge is 0.456 e. The summed E-state index contributed by atoms with van der Waals surface area (Å²) in [7, 11) is 0. The predicted octanol–water partition coefficient (Wildman–Crippen LogP) is 16.5. The molecule has 2 aliphatic heterocycles. The number of anilines is 6. The summed E-state index contributed by atoms with van der Waals surface area (Å²) in [5.74, 6) is 0. The average Bonchev–Trinajstić information content (AvgIpc) is 4.30. The number of hydrogen-bond donors (Lipinski definition) is 0. The summed E-state index contributed by atoms with van der Waals surface area (Å²) in [6.07, 6.45) is 0. The molecule has 18 rings (SSSR count). The van der Waals surface area contributed by atoms with Crippen LogP contribution in [0.4, 0.5) is 34.1 Å². The molecule has 0 atom stereocenters. The van der Waals surface area contributed by atoms with E-state index in [1.807, 2.05) is 0 Å². The van der Waals surface area contributed by atoms with Gasteiger partial charge in [0, 0.05) is 87.5 Å². The third kappa shape index (κ3) is 4.78. The minimum atomic E-state index is -0.474. The monoisotopic (exact) mass is 945 g/mol. The van der Waals surface area contributed by atoms with Crippen LogP contribution in [0.15, 0.2) is 236 Å². The Morgan fingerprint density at radius 2 is 0.608 bits per heavy atom. The van der Waals surface area contributed by atoms with Crippen LogP contribution >= 0.6 is 0 Å². The molecule has 0 saturated heterocycles. The molecular formula is C66H36BN3O4. The molecule has 16 aromatic rings. The highest BCUT2D eigenvalue weighted by Gasteiger charge is 2.50. The minimum Gasteiger partial charge on any atom is -0.456 e. The third-order valence-corrected chi connectivity index (χ3v) is 16.1. The standard InChI is InChI=1S/C66H36BN3O4/c1-3-19-37(20-4-1)69-48-35-39(68-46-29-13-7-23-40(46)41-24-8-14-30-47(41)68)36-49-58(48)67(59-61(69)65-56(44-27-11-17-33-52(44)73-65)54-42-25-9-15-31-50(42)71-63(54)59)60-62(70(49)38-21-5-2-6-22-38)66-57(45-28-12-18-34-53(45)74-66)55-43-26-10-16-32-51(43)72-64(55)60/h1-36H.